The van der Waals surface area contributed by atoms with E-state index in [1.165, 1.54) is 22.9 Å². The topological polar surface area (TPSA) is 30.9 Å². The Morgan fingerprint density at radius 3 is 2.88 bits per heavy atom. The van der Waals surface area contributed by atoms with Crippen molar-refractivity contribution >= 4 is 10.9 Å². The highest BCUT2D eigenvalue weighted by molar-refractivity contribution is 5.83. The second-order valence-corrected chi connectivity index (χ2v) is 4.25. The quantitative estimate of drug-likeness (QED) is 0.818. The number of rotatable bonds is 5. The first-order valence-electron chi connectivity index (χ1n) is 6.13. The lowest BCUT2D eigenvalue weighted by Crippen LogP contribution is -2.00. The van der Waals surface area contributed by atoms with E-state index in [0.717, 1.165) is 25.9 Å². The number of aromatic nitrogens is 1. The van der Waals surface area contributed by atoms with Crippen LogP contribution in [0, 0.1) is 0 Å². The second kappa shape index (κ2) is 5.17. The third-order valence-electron chi connectivity index (χ3n) is 3.02. The van der Waals surface area contributed by atoms with Gasteiger partial charge in [0.25, 0.3) is 0 Å². The van der Waals surface area contributed by atoms with Crippen LogP contribution >= 0.6 is 0 Å². The van der Waals surface area contributed by atoms with E-state index in [0.29, 0.717) is 0 Å². The highest BCUT2D eigenvalue weighted by atomic mass is 14.9. The van der Waals surface area contributed by atoms with E-state index in [4.69, 9.17) is 5.73 Å². The maximum Gasteiger partial charge on any atom is 0.0483 e. The minimum absolute atomic E-state index is 0.770. The van der Waals surface area contributed by atoms with E-state index in [9.17, 15) is 0 Å². The largest absolute Gasteiger partial charge is 0.347 e. The highest BCUT2D eigenvalue weighted by Gasteiger charge is 2.04. The van der Waals surface area contributed by atoms with Crippen LogP contribution in [0.1, 0.15) is 25.3 Å². The van der Waals surface area contributed by atoms with Gasteiger partial charge in [0.15, 0.2) is 0 Å². The fourth-order valence-corrected chi connectivity index (χ4v) is 2.23. The van der Waals surface area contributed by atoms with E-state index in [1.54, 1.807) is 0 Å². The molecule has 1 aromatic heterocycles. The summed E-state index contributed by atoms with van der Waals surface area (Å²) in [4.78, 5) is 0. The van der Waals surface area contributed by atoms with Gasteiger partial charge in [-0.1, -0.05) is 19.1 Å². The smallest absolute Gasteiger partial charge is 0.0483 e. The summed E-state index contributed by atoms with van der Waals surface area (Å²) in [6.07, 6.45) is 5.53. The van der Waals surface area contributed by atoms with Crippen LogP contribution in [0.3, 0.4) is 0 Å². The van der Waals surface area contributed by atoms with Crippen LogP contribution in [-0.2, 0) is 13.0 Å². The fraction of sp³-hybridized carbons (Fsp3) is 0.429. The van der Waals surface area contributed by atoms with E-state index in [-0.39, 0.29) is 0 Å². The molecule has 2 rings (SSSR count). The summed E-state index contributed by atoms with van der Waals surface area (Å²) in [5.74, 6) is 0. The van der Waals surface area contributed by atoms with Gasteiger partial charge in [0.05, 0.1) is 0 Å². The molecule has 2 nitrogen and oxygen atoms in total. The number of hydrogen-bond donors (Lipinski definition) is 1. The van der Waals surface area contributed by atoms with Crippen LogP contribution in [0.5, 0.6) is 0 Å². The molecule has 0 fully saturated rings. The van der Waals surface area contributed by atoms with Crippen molar-refractivity contribution < 1.29 is 0 Å². The third kappa shape index (κ3) is 2.12. The highest BCUT2D eigenvalue weighted by Crippen LogP contribution is 2.21. The summed E-state index contributed by atoms with van der Waals surface area (Å²) in [6, 6.07) is 8.81. The SMILES string of the molecule is CCCn1ccc2c(CCCN)cccc21. The van der Waals surface area contributed by atoms with Crippen LogP contribution in [0.15, 0.2) is 30.5 Å². The molecule has 0 radical (unpaired) electrons. The molecule has 0 aliphatic rings. The number of hydrogen-bond acceptors (Lipinski definition) is 1. The van der Waals surface area contributed by atoms with Crippen LogP contribution in [0.25, 0.3) is 10.9 Å². The van der Waals surface area contributed by atoms with E-state index in [2.05, 4.69) is 42.0 Å². The van der Waals surface area contributed by atoms with Crippen molar-refractivity contribution in [3.8, 4) is 0 Å². The zero-order valence-electron chi connectivity index (χ0n) is 9.95. The predicted molar refractivity (Wildman–Crippen MR) is 69.6 cm³/mol. The monoisotopic (exact) mass is 216 g/mol. The van der Waals surface area contributed by atoms with Gasteiger partial charge in [0.1, 0.15) is 0 Å². The maximum absolute atomic E-state index is 5.57. The van der Waals surface area contributed by atoms with Crippen molar-refractivity contribution in [2.45, 2.75) is 32.7 Å². The summed E-state index contributed by atoms with van der Waals surface area (Å²) in [7, 11) is 0. The third-order valence-corrected chi connectivity index (χ3v) is 3.02. The number of benzene rings is 1. The van der Waals surface area contributed by atoms with Gasteiger partial charge in [-0.2, -0.15) is 0 Å². The molecular weight excluding hydrogens is 196 g/mol. The Balaban J connectivity index is 2.36. The average molecular weight is 216 g/mol. The van der Waals surface area contributed by atoms with Gasteiger partial charge in [-0.05, 0) is 43.5 Å². The van der Waals surface area contributed by atoms with Crippen LogP contribution in [0.4, 0.5) is 0 Å². The maximum atomic E-state index is 5.57. The Morgan fingerprint density at radius 2 is 2.12 bits per heavy atom. The molecule has 2 aromatic rings. The lowest BCUT2D eigenvalue weighted by molar-refractivity contribution is 0.703. The summed E-state index contributed by atoms with van der Waals surface area (Å²) in [5.41, 5.74) is 8.35. The molecule has 2 N–H and O–H groups in total. The van der Waals surface area contributed by atoms with Gasteiger partial charge < -0.3 is 10.3 Å². The van der Waals surface area contributed by atoms with Crippen molar-refractivity contribution in [2.75, 3.05) is 6.54 Å². The first-order valence-corrected chi connectivity index (χ1v) is 6.13. The van der Waals surface area contributed by atoms with Gasteiger partial charge >= 0.3 is 0 Å². The standard InChI is InChI=1S/C14H20N2/c1-2-10-16-11-8-13-12(6-4-9-15)5-3-7-14(13)16/h3,5,7-8,11H,2,4,6,9-10,15H2,1H3. The van der Waals surface area contributed by atoms with Gasteiger partial charge in [0.2, 0.25) is 0 Å². The molecule has 0 saturated heterocycles. The zero-order valence-corrected chi connectivity index (χ0v) is 9.95. The fourth-order valence-electron chi connectivity index (χ4n) is 2.23. The molecule has 0 saturated carbocycles. The number of nitrogens with zero attached hydrogens (tertiary/aromatic N) is 1. The van der Waals surface area contributed by atoms with Crippen molar-refractivity contribution in [3.63, 3.8) is 0 Å². The number of nitrogens with two attached hydrogens (primary N) is 1. The van der Waals surface area contributed by atoms with E-state index < -0.39 is 0 Å². The normalized spacial score (nSPS) is 11.1. The van der Waals surface area contributed by atoms with Crippen LogP contribution < -0.4 is 5.73 Å². The molecule has 86 valence electrons. The number of fused-ring (bicyclic) bond motifs is 1. The van der Waals surface area contributed by atoms with Crippen molar-refractivity contribution in [1.29, 1.82) is 0 Å². The van der Waals surface area contributed by atoms with Crippen molar-refractivity contribution in [1.82, 2.24) is 4.57 Å². The number of aryl methyl sites for hydroxylation is 2. The molecule has 0 bridgehead atoms. The van der Waals surface area contributed by atoms with E-state index >= 15 is 0 Å². The predicted octanol–water partition coefficient (Wildman–Crippen LogP) is 2.94. The van der Waals surface area contributed by atoms with Gasteiger partial charge in [-0.15, -0.1) is 0 Å². The van der Waals surface area contributed by atoms with Gasteiger partial charge in [-0.3, -0.25) is 0 Å². The first-order chi connectivity index (χ1) is 7.86. The molecule has 0 aliphatic heterocycles. The molecule has 1 heterocycles. The summed E-state index contributed by atoms with van der Waals surface area (Å²) >= 11 is 0. The summed E-state index contributed by atoms with van der Waals surface area (Å²) in [5, 5.41) is 1.39. The Morgan fingerprint density at radius 1 is 1.25 bits per heavy atom. The minimum Gasteiger partial charge on any atom is -0.347 e. The summed E-state index contributed by atoms with van der Waals surface area (Å²) in [6.45, 7) is 4.08. The van der Waals surface area contributed by atoms with Crippen molar-refractivity contribution in [3.05, 3.63) is 36.0 Å². The first kappa shape index (κ1) is 11.2. The Labute approximate surface area is 97.1 Å². The minimum atomic E-state index is 0.770. The molecule has 0 aliphatic carbocycles. The second-order valence-electron chi connectivity index (χ2n) is 4.25. The van der Waals surface area contributed by atoms with E-state index in [1.807, 2.05) is 0 Å². The lowest BCUT2D eigenvalue weighted by atomic mass is 10.1. The Kier molecular flexibility index (Phi) is 3.62. The lowest BCUT2D eigenvalue weighted by Gasteiger charge is -2.05. The Hall–Kier alpha value is -1.28. The van der Waals surface area contributed by atoms with Crippen LogP contribution in [-0.4, -0.2) is 11.1 Å². The molecule has 0 unspecified atom stereocenters. The molecule has 0 amide bonds. The van der Waals surface area contributed by atoms with Gasteiger partial charge in [0, 0.05) is 23.6 Å². The average Bonchev–Trinajstić information content (AvgIpc) is 2.71. The molecule has 2 heteroatoms. The molecular formula is C14H20N2. The molecule has 16 heavy (non-hydrogen) atoms. The van der Waals surface area contributed by atoms with Gasteiger partial charge in [-0.25, -0.2) is 0 Å². The molecule has 1 aromatic carbocycles. The summed E-state index contributed by atoms with van der Waals surface area (Å²) < 4.78 is 2.33. The van der Waals surface area contributed by atoms with Crippen molar-refractivity contribution in [2.24, 2.45) is 5.73 Å². The van der Waals surface area contributed by atoms with Crippen LogP contribution in [0.2, 0.25) is 0 Å². The molecule has 0 atom stereocenters. The zero-order chi connectivity index (χ0) is 11.4. The Bertz CT molecular complexity index is 457. The molecule has 0 spiro atoms.